The van der Waals surface area contributed by atoms with Gasteiger partial charge >= 0.3 is 6.03 Å². The second kappa shape index (κ2) is 8.67. The molecule has 0 spiro atoms. The van der Waals surface area contributed by atoms with Gasteiger partial charge in [0.05, 0.1) is 5.60 Å². The highest BCUT2D eigenvalue weighted by Crippen LogP contribution is 2.38. The predicted molar refractivity (Wildman–Crippen MR) is 107 cm³/mol. The number of benzene rings is 1. The van der Waals surface area contributed by atoms with Crippen LogP contribution in [0.3, 0.4) is 0 Å². The normalized spacial score (nSPS) is 23.8. The van der Waals surface area contributed by atoms with Crippen molar-refractivity contribution >= 4 is 6.03 Å². The Morgan fingerprint density at radius 3 is 2.96 bits per heavy atom. The number of allylic oxidation sites excluding steroid dienone is 2. The Balaban J connectivity index is 1.73. The summed E-state index contributed by atoms with van der Waals surface area (Å²) in [6, 6.07) is 5.44. The number of aliphatic hydroxyl groups is 1. The van der Waals surface area contributed by atoms with E-state index >= 15 is 0 Å². The molecule has 0 saturated heterocycles. The van der Waals surface area contributed by atoms with E-state index in [2.05, 4.69) is 10.2 Å². The molecule has 3 atom stereocenters. The van der Waals surface area contributed by atoms with Gasteiger partial charge in [0.2, 0.25) is 6.79 Å². The van der Waals surface area contributed by atoms with Crippen molar-refractivity contribution in [2.24, 2.45) is 11.7 Å². The lowest BCUT2D eigenvalue weighted by atomic mass is 9.76. The number of carbonyl (C=O) groups excluding carboxylic acids is 1. The molecule has 0 bridgehead atoms. The maximum atomic E-state index is 11.4. The first-order chi connectivity index (χ1) is 13.4. The molecule has 0 aromatic heterocycles. The Kier molecular flexibility index (Phi) is 6.26. The number of likely N-dealkylation sites (N-methyl/N-ethyl adjacent to an activating group) is 1. The molecule has 1 heterocycles. The molecule has 7 heteroatoms. The summed E-state index contributed by atoms with van der Waals surface area (Å²) in [6.45, 7) is 0.663. The quantitative estimate of drug-likeness (QED) is 0.632. The topological polar surface area (TPSA) is 97.1 Å². The van der Waals surface area contributed by atoms with Crippen LogP contribution in [0, 0.1) is 5.92 Å². The van der Waals surface area contributed by atoms with Crippen molar-refractivity contribution < 1.29 is 19.4 Å². The van der Waals surface area contributed by atoms with Gasteiger partial charge < -0.3 is 30.5 Å². The van der Waals surface area contributed by atoms with E-state index in [1.54, 1.807) is 0 Å². The molecule has 1 aliphatic carbocycles. The minimum Gasteiger partial charge on any atom is -0.454 e. The van der Waals surface area contributed by atoms with Crippen LogP contribution in [0.15, 0.2) is 42.5 Å². The van der Waals surface area contributed by atoms with Crippen LogP contribution < -0.4 is 20.5 Å². The molecular weight excluding hydrogens is 358 g/mol. The second-order valence-corrected chi connectivity index (χ2v) is 7.60. The fourth-order valence-corrected chi connectivity index (χ4v) is 3.85. The van der Waals surface area contributed by atoms with E-state index in [9.17, 15) is 9.90 Å². The largest absolute Gasteiger partial charge is 0.454 e. The lowest BCUT2D eigenvalue weighted by Gasteiger charge is -2.38. The van der Waals surface area contributed by atoms with Crippen molar-refractivity contribution in [2.75, 3.05) is 27.4 Å². The molecular formula is C21H29N3O4. The molecule has 1 aromatic rings. The zero-order chi connectivity index (χ0) is 20.1. The summed E-state index contributed by atoms with van der Waals surface area (Å²) in [4.78, 5) is 13.1. The maximum absolute atomic E-state index is 11.4. The SMILES string of the molecule is CN(C)C(Cc1cccc2c1OCO2)CC1(O)C=CC=CC1CCNC(N)=O. The summed E-state index contributed by atoms with van der Waals surface area (Å²) in [5.74, 6) is 1.46. The van der Waals surface area contributed by atoms with E-state index in [0.717, 1.165) is 23.5 Å². The molecule has 1 aromatic carbocycles. The third-order valence-corrected chi connectivity index (χ3v) is 5.46. The zero-order valence-electron chi connectivity index (χ0n) is 16.4. The van der Waals surface area contributed by atoms with Crippen molar-refractivity contribution in [1.29, 1.82) is 0 Å². The minimum absolute atomic E-state index is 0.0865. The smallest absolute Gasteiger partial charge is 0.312 e. The van der Waals surface area contributed by atoms with Gasteiger partial charge in [-0.2, -0.15) is 0 Å². The van der Waals surface area contributed by atoms with Crippen molar-refractivity contribution in [1.82, 2.24) is 10.2 Å². The van der Waals surface area contributed by atoms with Gasteiger partial charge in [-0.05, 0) is 45.0 Å². The highest BCUT2D eigenvalue weighted by Gasteiger charge is 2.37. The zero-order valence-corrected chi connectivity index (χ0v) is 16.4. The van der Waals surface area contributed by atoms with E-state index in [1.165, 1.54) is 0 Å². The minimum atomic E-state index is -1.00. The van der Waals surface area contributed by atoms with Gasteiger partial charge in [-0.3, -0.25) is 0 Å². The van der Waals surface area contributed by atoms with Crippen LogP contribution in [-0.4, -0.2) is 55.1 Å². The number of para-hydroxylation sites is 1. The van der Waals surface area contributed by atoms with Crippen LogP contribution in [-0.2, 0) is 6.42 Å². The monoisotopic (exact) mass is 387 g/mol. The van der Waals surface area contributed by atoms with E-state index in [1.807, 2.05) is 56.6 Å². The molecule has 3 rings (SSSR count). The number of rotatable bonds is 8. The number of hydrogen-bond acceptors (Lipinski definition) is 5. The van der Waals surface area contributed by atoms with E-state index in [-0.39, 0.29) is 18.8 Å². The Morgan fingerprint density at radius 1 is 1.39 bits per heavy atom. The Morgan fingerprint density at radius 2 is 2.21 bits per heavy atom. The summed E-state index contributed by atoms with van der Waals surface area (Å²) in [5, 5.41) is 14.0. The number of ether oxygens (including phenoxy) is 2. The number of fused-ring (bicyclic) bond motifs is 1. The van der Waals surface area contributed by atoms with Gasteiger partial charge in [-0.15, -0.1) is 0 Å². The third-order valence-electron chi connectivity index (χ3n) is 5.46. The van der Waals surface area contributed by atoms with Crippen LogP contribution in [0.5, 0.6) is 11.5 Å². The van der Waals surface area contributed by atoms with Crippen molar-refractivity contribution in [2.45, 2.75) is 30.9 Å². The number of amides is 2. The number of primary amides is 1. The molecule has 3 unspecified atom stereocenters. The van der Waals surface area contributed by atoms with E-state index < -0.39 is 11.6 Å². The fourth-order valence-electron chi connectivity index (χ4n) is 3.85. The maximum Gasteiger partial charge on any atom is 0.312 e. The molecule has 0 radical (unpaired) electrons. The van der Waals surface area contributed by atoms with Crippen LogP contribution in [0.25, 0.3) is 0 Å². The first-order valence-corrected chi connectivity index (χ1v) is 9.54. The number of nitrogens with two attached hydrogens (primary N) is 1. The standard InChI is InChI=1S/C21H29N3O4/c1-24(2)17(12-15-6-5-8-18-19(15)28-14-27-18)13-21(26)10-4-3-7-16(21)9-11-23-20(22)25/h3-8,10,16-17,26H,9,11-14H2,1-2H3,(H3,22,23,25). The molecule has 2 aliphatic rings. The van der Waals surface area contributed by atoms with Gasteiger partial charge in [0, 0.05) is 18.5 Å². The van der Waals surface area contributed by atoms with E-state index in [0.29, 0.717) is 19.4 Å². The fraction of sp³-hybridized carbons (Fsp3) is 0.476. The van der Waals surface area contributed by atoms with Crippen LogP contribution >= 0.6 is 0 Å². The van der Waals surface area contributed by atoms with Crippen molar-refractivity contribution in [3.05, 3.63) is 48.1 Å². The summed E-state index contributed by atoms with van der Waals surface area (Å²) in [5.41, 5.74) is 5.22. The summed E-state index contributed by atoms with van der Waals surface area (Å²) < 4.78 is 11.1. The van der Waals surface area contributed by atoms with Crippen molar-refractivity contribution in [3.63, 3.8) is 0 Å². The van der Waals surface area contributed by atoms with Crippen molar-refractivity contribution in [3.8, 4) is 11.5 Å². The van der Waals surface area contributed by atoms with Crippen LogP contribution in [0.1, 0.15) is 18.4 Å². The van der Waals surface area contributed by atoms with Gasteiger partial charge in [0.1, 0.15) is 0 Å². The summed E-state index contributed by atoms with van der Waals surface area (Å²) >= 11 is 0. The van der Waals surface area contributed by atoms with E-state index in [4.69, 9.17) is 15.2 Å². The van der Waals surface area contributed by atoms with Crippen LogP contribution in [0.4, 0.5) is 4.79 Å². The summed E-state index contributed by atoms with van der Waals surface area (Å²) in [7, 11) is 4.03. The van der Waals surface area contributed by atoms with Crippen LogP contribution in [0.2, 0.25) is 0 Å². The molecule has 7 nitrogen and oxygen atoms in total. The Bertz CT molecular complexity index is 762. The molecule has 0 fully saturated rings. The number of urea groups is 1. The summed E-state index contributed by atoms with van der Waals surface area (Å²) in [6.07, 6.45) is 9.54. The van der Waals surface area contributed by atoms with Gasteiger partial charge in [-0.1, -0.05) is 36.4 Å². The van der Waals surface area contributed by atoms with Gasteiger partial charge in [0.25, 0.3) is 0 Å². The second-order valence-electron chi connectivity index (χ2n) is 7.60. The first-order valence-electron chi connectivity index (χ1n) is 9.54. The molecule has 152 valence electrons. The highest BCUT2D eigenvalue weighted by molar-refractivity contribution is 5.71. The molecule has 0 saturated carbocycles. The average Bonchev–Trinajstić information content (AvgIpc) is 3.12. The Hall–Kier alpha value is -2.51. The number of hydrogen-bond donors (Lipinski definition) is 3. The number of carbonyl (C=O) groups is 1. The number of nitrogens with zero attached hydrogens (tertiary/aromatic N) is 1. The third kappa shape index (κ3) is 4.66. The lowest BCUT2D eigenvalue weighted by molar-refractivity contribution is 0.0125. The molecule has 1 aliphatic heterocycles. The number of nitrogens with one attached hydrogen (secondary N) is 1. The molecule has 28 heavy (non-hydrogen) atoms. The Labute approximate surface area is 165 Å². The highest BCUT2D eigenvalue weighted by atomic mass is 16.7. The predicted octanol–water partition coefficient (Wildman–Crippen LogP) is 1.81. The van der Waals surface area contributed by atoms with Gasteiger partial charge in [0.15, 0.2) is 11.5 Å². The molecule has 2 amide bonds. The lowest BCUT2D eigenvalue weighted by Crippen LogP contribution is -2.45. The first kappa shape index (κ1) is 20.2. The molecule has 4 N–H and O–H groups in total. The average molecular weight is 387 g/mol. The van der Waals surface area contributed by atoms with Gasteiger partial charge in [-0.25, -0.2) is 4.79 Å².